The summed E-state index contributed by atoms with van der Waals surface area (Å²) in [6, 6.07) is 3.82. The summed E-state index contributed by atoms with van der Waals surface area (Å²) in [6.45, 7) is 3.41. The van der Waals surface area contributed by atoms with Crippen LogP contribution >= 0.6 is 11.3 Å². The highest BCUT2D eigenvalue weighted by Gasteiger charge is 2.04. The fourth-order valence-electron chi connectivity index (χ4n) is 0.845. The van der Waals surface area contributed by atoms with Gasteiger partial charge in [-0.15, -0.1) is 11.3 Å². The molecule has 0 atom stereocenters. The van der Waals surface area contributed by atoms with Crippen LogP contribution in [0.1, 0.15) is 4.88 Å². The SMILES string of the molecule is C=CC(=O)OCC(=O)NCc1cccs1. The number of carbonyl (C=O) groups is 2. The quantitative estimate of drug-likeness (QED) is 0.603. The molecule has 80 valence electrons. The molecule has 1 amide bonds. The lowest BCUT2D eigenvalue weighted by molar-refractivity contribution is -0.143. The largest absolute Gasteiger partial charge is 0.452 e. The standard InChI is InChI=1S/C10H11NO3S/c1-2-10(13)14-7-9(12)11-6-8-4-3-5-15-8/h2-5H,1,6-7H2,(H,11,12). The summed E-state index contributed by atoms with van der Waals surface area (Å²) >= 11 is 1.56. The molecule has 0 aliphatic rings. The van der Waals surface area contributed by atoms with Crippen molar-refractivity contribution in [2.45, 2.75) is 6.54 Å². The predicted octanol–water partition coefficient (Wildman–Crippen LogP) is 1.09. The number of hydrogen-bond acceptors (Lipinski definition) is 4. The number of thiophene rings is 1. The minimum atomic E-state index is -0.596. The van der Waals surface area contributed by atoms with Crippen molar-refractivity contribution < 1.29 is 14.3 Å². The van der Waals surface area contributed by atoms with E-state index in [0.29, 0.717) is 6.54 Å². The Morgan fingerprint density at radius 2 is 2.40 bits per heavy atom. The van der Waals surface area contributed by atoms with E-state index in [4.69, 9.17) is 0 Å². The van der Waals surface area contributed by atoms with Gasteiger partial charge in [0.05, 0.1) is 6.54 Å². The molecule has 0 fully saturated rings. The van der Waals surface area contributed by atoms with Crippen LogP contribution in [0.2, 0.25) is 0 Å². The fourth-order valence-corrected chi connectivity index (χ4v) is 1.49. The van der Waals surface area contributed by atoms with E-state index >= 15 is 0 Å². The summed E-state index contributed by atoms with van der Waals surface area (Å²) in [4.78, 5) is 22.8. The number of amides is 1. The summed E-state index contributed by atoms with van der Waals surface area (Å²) in [7, 11) is 0. The molecular weight excluding hydrogens is 214 g/mol. The van der Waals surface area contributed by atoms with E-state index < -0.39 is 5.97 Å². The lowest BCUT2D eigenvalue weighted by Crippen LogP contribution is -2.27. The Hall–Kier alpha value is -1.62. The second-order valence-electron chi connectivity index (χ2n) is 2.67. The number of carbonyl (C=O) groups excluding carboxylic acids is 2. The lowest BCUT2D eigenvalue weighted by Gasteiger charge is -2.03. The number of ether oxygens (including phenoxy) is 1. The monoisotopic (exact) mass is 225 g/mol. The Labute approximate surface area is 91.6 Å². The first-order valence-electron chi connectivity index (χ1n) is 4.30. The van der Waals surface area contributed by atoms with Crippen LogP contribution in [0.5, 0.6) is 0 Å². The fraction of sp³-hybridized carbons (Fsp3) is 0.200. The third kappa shape index (κ3) is 4.42. The first-order chi connectivity index (χ1) is 7.22. The van der Waals surface area contributed by atoms with Gasteiger partial charge in [-0.3, -0.25) is 4.79 Å². The molecule has 0 saturated carbocycles. The molecule has 0 spiro atoms. The summed E-state index contributed by atoms with van der Waals surface area (Å²) in [5.74, 6) is -0.917. The molecule has 0 aromatic carbocycles. The van der Waals surface area contributed by atoms with Crippen LogP contribution in [0.3, 0.4) is 0 Å². The average molecular weight is 225 g/mol. The number of rotatable bonds is 5. The van der Waals surface area contributed by atoms with Gasteiger partial charge in [0.25, 0.3) is 5.91 Å². The average Bonchev–Trinajstić information content (AvgIpc) is 2.75. The van der Waals surface area contributed by atoms with Gasteiger partial charge >= 0.3 is 5.97 Å². The Balaban J connectivity index is 2.19. The van der Waals surface area contributed by atoms with Crippen molar-refractivity contribution in [1.82, 2.24) is 5.32 Å². The van der Waals surface area contributed by atoms with Crippen molar-refractivity contribution in [3.05, 3.63) is 35.0 Å². The summed E-state index contributed by atoms with van der Waals surface area (Å²) < 4.78 is 4.56. The van der Waals surface area contributed by atoms with E-state index in [1.807, 2.05) is 17.5 Å². The van der Waals surface area contributed by atoms with Crippen molar-refractivity contribution in [2.24, 2.45) is 0 Å². The zero-order valence-electron chi connectivity index (χ0n) is 8.06. The van der Waals surface area contributed by atoms with E-state index in [1.165, 1.54) is 0 Å². The maximum Gasteiger partial charge on any atom is 0.330 e. The van der Waals surface area contributed by atoms with E-state index in [9.17, 15) is 9.59 Å². The van der Waals surface area contributed by atoms with E-state index in [1.54, 1.807) is 11.3 Å². The summed E-state index contributed by atoms with van der Waals surface area (Å²) in [6.07, 6.45) is 1.02. The molecule has 4 nitrogen and oxygen atoms in total. The van der Waals surface area contributed by atoms with Gasteiger partial charge < -0.3 is 10.1 Å². The molecule has 1 aromatic rings. The molecule has 5 heteroatoms. The molecule has 0 aliphatic heterocycles. The molecule has 1 aromatic heterocycles. The highest BCUT2D eigenvalue weighted by atomic mass is 32.1. The number of hydrogen-bond donors (Lipinski definition) is 1. The van der Waals surface area contributed by atoms with Crippen molar-refractivity contribution in [2.75, 3.05) is 6.61 Å². The molecule has 0 unspecified atom stereocenters. The van der Waals surface area contributed by atoms with Gasteiger partial charge in [-0.2, -0.15) is 0 Å². The minimum Gasteiger partial charge on any atom is -0.452 e. The van der Waals surface area contributed by atoms with Gasteiger partial charge in [0.1, 0.15) is 0 Å². The van der Waals surface area contributed by atoms with Gasteiger partial charge in [-0.05, 0) is 11.4 Å². The smallest absolute Gasteiger partial charge is 0.330 e. The molecule has 0 bridgehead atoms. The van der Waals surface area contributed by atoms with Crippen LogP contribution in [-0.4, -0.2) is 18.5 Å². The van der Waals surface area contributed by atoms with Crippen molar-refractivity contribution >= 4 is 23.2 Å². The van der Waals surface area contributed by atoms with Crippen molar-refractivity contribution in [3.63, 3.8) is 0 Å². The zero-order valence-corrected chi connectivity index (χ0v) is 8.88. The molecule has 1 N–H and O–H groups in total. The van der Waals surface area contributed by atoms with E-state index in [0.717, 1.165) is 11.0 Å². The summed E-state index contributed by atoms with van der Waals surface area (Å²) in [5, 5.41) is 4.55. The van der Waals surface area contributed by atoms with Gasteiger partial charge in [0, 0.05) is 11.0 Å². The van der Waals surface area contributed by atoms with Crippen LogP contribution in [0.4, 0.5) is 0 Å². The highest BCUT2D eigenvalue weighted by Crippen LogP contribution is 2.06. The Bertz CT molecular complexity index is 346. The maximum atomic E-state index is 11.1. The van der Waals surface area contributed by atoms with E-state index in [-0.39, 0.29) is 12.5 Å². The van der Waals surface area contributed by atoms with Gasteiger partial charge in [-0.25, -0.2) is 4.79 Å². The lowest BCUT2D eigenvalue weighted by atomic mass is 10.4. The second-order valence-corrected chi connectivity index (χ2v) is 3.70. The second kappa shape index (κ2) is 5.98. The molecule has 0 aliphatic carbocycles. The molecule has 0 radical (unpaired) electrons. The van der Waals surface area contributed by atoms with Gasteiger partial charge in [0.15, 0.2) is 6.61 Å². The molecular formula is C10H11NO3S. The number of nitrogens with one attached hydrogen (secondary N) is 1. The summed E-state index contributed by atoms with van der Waals surface area (Å²) in [5.41, 5.74) is 0. The molecule has 15 heavy (non-hydrogen) atoms. The Morgan fingerprint density at radius 1 is 1.60 bits per heavy atom. The van der Waals surface area contributed by atoms with Crippen LogP contribution in [-0.2, 0) is 20.9 Å². The molecule has 1 heterocycles. The van der Waals surface area contributed by atoms with Crippen molar-refractivity contribution in [3.8, 4) is 0 Å². The normalized spacial score (nSPS) is 9.33. The van der Waals surface area contributed by atoms with E-state index in [2.05, 4.69) is 16.6 Å². The predicted molar refractivity (Wildman–Crippen MR) is 57.3 cm³/mol. The highest BCUT2D eigenvalue weighted by molar-refractivity contribution is 7.09. The first kappa shape index (κ1) is 11.5. The molecule has 0 saturated heterocycles. The van der Waals surface area contributed by atoms with Crippen molar-refractivity contribution in [1.29, 1.82) is 0 Å². The van der Waals surface area contributed by atoms with Gasteiger partial charge in [-0.1, -0.05) is 12.6 Å². The van der Waals surface area contributed by atoms with Crippen LogP contribution in [0.15, 0.2) is 30.2 Å². The van der Waals surface area contributed by atoms with Gasteiger partial charge in [0.2, 0.25) is 0 Å². The van der Waals surface area contributed by atoms with Crippen LogP contribution in [0.25, 0.3) is 0 Å². The zero-order chi connectivity index (χ0) is 11.1. The third-order valence-corrected chi connectivity index (χ3v) is 2.43. The first-order valence-corrected chi connectivity index (χ1v) is 5.18. The Morgan fingerprint density at radius 3 is 3.00 bits per heavy atom. The topological polar surface area (TPSA) is 55.4 Å². The molecule has 1 rings (SSSR count). The van der Waals surface area contributed by atoms with Crippen LogP contribution in [0, 0.1) is 0 Å². The van der Waals surface area contributed by atoms with Crippen LogP contribution < -0.4 is 5.32 Å². The minimum absolute atomic E-state index is 0.268. The number of esters is 1. The Kier molecular flexibility index (Phi) is 4.56. The maximum absolute atomic E-state index is 11.1. The third-order valence-electron chi connectivity index (χ3n) is 1.55.